The number of thiazole rings is 1. The third-order valence-corrected chi connectivity index (χ3v) is 5.09. The number of aryl methyl sites for hydroxylation is 1. The summed E-state index contributed by atoms with van der Waals surface area (Å²) in [4.78, 5) is 16.9. The van der Waals surface area contributed by atoms with Gasteiger partial charge < -0.3 is 10.1 Å². The maximum atomic E-state index is 12.4. The Morgan fingerprint density at radius 3 is 2.62 bits per heavy atom. The van der Waals surface area contributed by atoms with E-state index in [2.05, 4.69) is 10.3 Å². The summed E-state index contributed by atoms with van der Waals surface area (Å²) in [5.74, 6) is 0.699. The maximum Gasteiger partial charge on any atom is 0.225 e. The SMILES string of the molecule is Cc1csc([C@@H](C)NC(=O)Cc2ccccc2OCc2ccccc2)n1. The molecule has 1 aromatic heterocycles. The van der Waals surface area contributed by atoms with Crippen molar-refractivity contribution >= 4 is 17.2 Å². The number of nitrogens with zero attached hydrogens (tertiary/aromatic N) is 1. The minimum absolute atomic E-state index is 0.0406. The molecule has 0 bridgehead atoms. The summed E-state index contributed by atoms with van der Waals surface area (Å²) in [6.07, 6.45) is 0.277. The molecular formula is C21H22N2O2S. The van der Waals surface area contributed by atoms with Crippen molar-refractivity contribution in [3.63, 3.8) is 0 Å². The summed E-state index contributed by atoms with van der Waals surface area (Å²) < 4.78 is 5.93. The van der Waals surface area contributed by atoms with E-state index in [1.54, 1.807) is 11.3 Å². The van der Waals surface area contributed by atoms with Crippen molar-refractivity contribution in [2.75, 3.05) is 0 Å². The molecule has 3 rings (SSSR count). The molecule has 0 radical (unpaired) electrons. The lowest BCUT2D eigenvalue weighted by Gasteiger charge is -2.14. The van der Waals surface area contributed by atoms with Gasteiger partial charge in [-0.1, -0.05) is 48.5 Å². The lowest BCUT2D eigenvalue weighted by molar-refractivity contribution is -0.121. The third-order valence-electron chi connectivity index (χ3n) is 3.95. The van der Waals surface area contributed by atoms with Gasteiger partial charge in [-0.3, -0.25) is 4.79 Å². The van der Waals surface area contributed by atoms with Crippen LogP contribution in [0.5, 0.6) is 5.75 Å². The Balaban J connectivity index is 1.61. The van der Waals surface area contributed by atoms with E-state index in [0.29, 0.717) is 6.61 Å². The van der Waals surface area contributed by atoms with Gasteiger partial charge in [0, 0.05) is 16.6 Å². The van der Waals surface area contributed by atoms with E-state index in [1.165, 1.54) is 0 Å². The van der Waals surface area contributed by atoms with Crippen LogP contribution in [-0.4, -0.2) is 10.9 Å². The highest BCUT2D eigenvalue weighted by molar-refractivity contribution is 7.09. The van der Waals surface area contributed by atoms with E-state index in [9.17, 15) is 4.79 Å². The van der Waals surface area contributed by atoms with Crippen LogP contribution in [0.4, 0.5) is 0 Å². The fourth-order valence-electron chi connectivity index (χ4n) is 2.62. The zero-order chi connectivity index (χ0) is 18.4. The van der Waals surface area contributed by atoms with Crippen LogP contribution < -0.4 is 10.1 Å². The van der Waals surface area contributed by atoms with Crippen LogP contribution in [0.3, 0.4) is 0 Å². The van der Waals surface area contributed by atoms with E-state index in [0.717, 1.165) is 27.6 Å². The lowest BCUT2D eigenvalue weighted by Crippen LogP contribution is -2.28. The number of rotatable bonds is 7. The van der Waals surface area contributed by atoms with Crippen molar-refractivity contribution in [3.8, 4) is 5.75 Å². The standard InChI is InChI=1S/C21H22N2O2S/c1-15-14-26-21(22-15)16(2)23-20(24)12-18-10-6-7-11-19(18)25-13-17-8-4-3-5-9-17/h3-11,14,16H,12-13H2,1-2H3,(H,23,24)/t16-/m1/s1. The molecule has 5 heteroatoms. The summed E-state index contributed by atoms with van der Waals surface area (Å²) in [6, 6.07) is 17.6. The quantitative estimate of drug-likeness (QED) is 0.672. The van der Waals surface area contributed by atoms with Crippen LogP contribution in [0.2, 0.25) is 0 Å². The average molecular weight is 366 g/mol. The number of para-hydroxylation sites is 1. The number of benzene rings is 2. The normalized spacial score (nSPS) is 11.8. The van der Waals surface area contributed by atoms with Gasteiger partial charge >= 0.3 is 0 Å². The van der Waals surface area contributed by atoms with Crippen LogP contribution >= 0.6 is 11.3 Å². The highest BCUT2D eigenvalue weighted by Crippen LogP contribution is 2.21. The summed E-state index contributed by atoms with van der Waals surface area (Å²) in [5, 5.41) is 5.92. The molecule has 1 amide bonds. The number of ether oxygens (including phenoxy) is 1. The van der Waals surface area contributed by atoms with Gasteiger partial charge in [-0.25, -0.2) is 4.98 Å². The van der Waals surface area contributed by atoms with E-state index in [-0.39, 0.29) is 18.4 Å². The minimum Gasteiger partial charge on any atom is -0.489 e. The third kappa shape index (κ3) is 4.92. The van der Waals surface area contributed by atoms with Crippen molar-refractivity contribution in [2.45, 2.75) is 32.9 Å². The van der Waals surface area contributed by atoms with Crippen molar-refractivity contribution < 1.29 is 9.53 Å². The second-order valence-electron chi connectivity index (χ2n) is 6.18. The summed E-state index contributed by atoms with van der Waals surface area (Å²) in [6.45, 7) is 4.39. The minimum atomic E-state index is -0.0985. The molecular weight excluding hydrogens is 344 g/mol. The zero-order valence-corrected chi connectivity index (χ0v) is 15.8. The Morgan fingerprint density at radius 2 is 1.88 bits per heavy atom. The molecule has 2 aromatic carbocycles. The van der Waals surface area contributed by atoms with Crippen molar-refractivity contribution in [1.82, 2.24) is 10.3 Å². The van der Waals surface area contributed by atoms with Crippen LogP contribution in [0, 0.1) is 6.92 Å². The van der Waals surface area contributed by atoms with Gasteiger partial charge in [0.05, 0.1) is 12.5 Å². The summed E-state index contributed by atoms with van der Waals surface area (Å²) in [5.41, 5.74) is 2.95. The van der Waals surface area contributed by atoms with Gasteiger partial charge in [-0.2, -0.15) is 0 Å². The Labute approximate surface area is 157 Å². The molecule has 0 aliphatic heterocycles. The smallest absolute Gasteiger partial charge is 0.225 e. The highest BCUT2D eigenvalue weighted by Gasteiger charge is 2.14. The fourth-order valence-corrected chi connectivity index (χ4v) is 3.43. The van der Waals surface area contributed by atoms with Gasteiger partial charge in [-0.15, -0.1) is 11.3 Å². The van der Waals surface area contributed by atoms with Gasteiger partial charge in [0.25, 0.3) is 0 Å². The molecule has 0 saturated carbocycles. The number of carbonyl (C=O) groups excluding carboxylic acids is 1. The number of nitrogens with one attached hydrogen (secondary N) is 1. The average Bonchev–Trinajstić information content (AvgIpc) is 3.08. The first-order valence-electron chi connectivity index (χ1n) is 8.58. The van der Waals surface area contributed by atoms with Gasteiger partial charge in [-0.05, 0) is 25.5 Å². The van der Waals surface area contributed by atoms with Gasteiger partial charge in [0.15, 0.2) is 0 Å². The van der Waals surface area contributed by atoms with Crippen LogP contribution in [0.25, 0.3) is 0 Å². The Hall–Kier alpha value is -2.66. The first kappa shape index (κ1) is 18.1. The van der Waals surface area contributed by atoms with E-state index >= 15 is 0 Å². The second-order valence-corrected chi connectivity index (χ2v) is 7.06. The van der Waals surface area contributed by atoms with E-state index < -0.39 is 0 Å². The molecule has 4 nitrogen and oxygen atoms in total. The molecule has 26 heavy (non-hydrogen) atoms. The van der Waals surface area contributed by atoms with Crippen molar-refractivity contribution in [2.24, 2.45) is 0 Å². The van der Waals surface area contributed by atoms with Crippen molar-refractivity contribution in [1.29, 1.82) is 0 Å². The largest absolute Gasteiger partial charge is 0.489 e. The molecule has 0 unspecified atom stereocenters. The zero-order valence-electron chi connectivity index (χ0n) is 14.9. The van der Waals surface area contributed by atoms with Gasteiger partial charge in [0.1, 0.15) is 17.4 Å². The Kier molecular flexibility index (Phi) is 6.02. The Bertz CT molecular complexity index is 861. The topological polar surface area (TPSA) is 51.2 Å². The van der Waals surface area contributed by atoms with Crippen molar-refractivity contribution in [3.05, 3.63) is 81.8 Å². The summed E-state index contributed by atoms with van der Waals surface area (Å²) >= 11 is 1.56. The maximum absolute atomic E-state index is 12.4. The number of aromatic nitrogens is 1. The molecule has 134 valence electrons. The molecule has 3 aromatic rings. The number of amides is 1. The predicted octanol–water partition coefficient (Wildman–Crippen LogP) is 4.45. The molecule has 0 saturated heterocycles. The van der Waals surface area contributed by atoms with E-state index in [4.69, 9.17) is 4.74 Å². The predicted molar refractivity (Wildman–Crippen MR) is 104 cm³/mol. The number of hydrogen-bond acceptors (Lipinski definition) is 4. The number of carbonyl (C=O) groups is 1. The molecule has 1 N–H and O–H groups in total. The fraction of sp³-hybridized carbons (Fsp3) is 0.238. The molecule has 0 fully saturated rings. The Morgan fingerprint density at radius 1 is 1.15 bits per heavy atom. The van der Waals surface area contributed by atoms with Crippen LogP contribution in [0.1, 0.15) is 34.8 Å². The van der Waals surface area contributed by atoms with E-state index in [1.807, 2.05) is 73.8 Å². The van der Waals surface area contributed by atoms with Gasteiger partial charge in [0.2, 0.25) is 5.91 Å². The molecule has 0 aliphatic rings. The van der Waals surface area contributed by atoms with Crippen LogP contribution in [-0.2, 0) is 17.8 Å². The highest BCUT2D eigenvalue weighted by atomic mass is 32.1. The first-order valence-corrected chi connectivity index (χ1v) is 9.46. The molecule has 1 atom stereocenters. The molecule has 0 aliphatic carbocycles. The number of hydrogen-bond donors (Lipinski definition) is 1. The summed E-state index contributed by atoms with van der Waals surface area (Å²) in [7, 11) is 0. The monoisotopic (exact) mass is 366 g/mol. The van der Waals surface area contributed by atoms with Crippen LogP contribution in [0.15, 0.2) is 60.0 Å². The molecule has 1 heterocycles. The molecule has 0 spiro atoms. The lowest BCUT2D eigenvalue weighted by atomic mass is 10.1. The second kappa shape index (κ2) is 8.63. The first-order chi connectivity index (χ1) is 12.6.